The highest BCUT2D eigenvalue weighted by molar-refractivity contribution is 7.17. The number of aryl methyl sites for hydroxylation is 1. The van der Waals surface area contributed by atoms with Gasteiger partial charge >= 0.3 is 0 Å². The van der Waals surface area contributed by atoms with Crippen LogP contribution in [0.1, 0.15) is 28.2 Å². The molecule has 26 heavy (non-hydrogen) atoms. The zero-order valence-electron chi connectivity index (χ0n) is 14.8. The molecule has 1 aliphatic rings. The predicted octanol–water partition coefficient (Wildman–Crippen LogP) is 4.12. The summed E-state index contributed by atoms with van der Waals surface area (Å²) in [4.78, 5) is 20.3. The van der Waals surface area contributed by atoms with Crippen LogP contribution in [-0.2, 0) is 0 Å². The number of likely N-dealkylation sites (tertiary alicyclic amines) is 1. The smallest absolute Gasteiger partial charge is 0.265 e. The average molecular weight is 366 g/mol. The van der Waals surface area contributed by atoms with Crippen LogP contribution in [0.15, 0.2) is 42.5 Å². The molecule has 0 radical (unpaired) electrons. The Morgan fingerprint density at radius 2 is 1.92 bits per heavy atom. The molecule has 1 amide bonds. The number of benzene rings is 2. The Kier molecular flexibility index (Phi) is 4.74. The van der Waals surface area contributed by atoms with E-state index in [1.54, 1.807) is 0 Å². The van der Waals surface area contributed by atoms with Crippen LogP contribution in [-0.4, -0.2) is 40.6 Å². The number of amides is 1. The van der Waals surface area contributed by atoms with E-state index in [2.05, 4.69) is 24.3 Å². The van der Waals surface area contributed by atoms with Crippen LogP contribution in [0.2, 0.25) is 0 Å². The van der Waals surface area contributed by atoms with Gasteiger partial charge in [0, 0.05) is 25.3 Å². The number of aliphatic hydroxyl groups excluding tert-OH is 1. The molecule has 1 saturated heterocycles. The van der Waals surface area contributed by atoms with E-state index in [0.29, 0.717) is 19.0 Å². The summed E-state index contributed by atoms with van der Waals surface area (Å²) in [6.07, 6.45) is 1.74. The molecule has 2 aromatic carbocycles. The second-order valence-corrected chi connectivity index (χ2v) is 7.88. The van der Waals surface area contributed by atoms with Gasteiger partial charge in [0.1, 0.15) is 9.88 Å². The zero-order chi connectivity index (χ0) is 18.1. The summed E-state index contributed by atoms with van der Waals surface area (Å²) in [6, 6.07) is 14.5. The summed E-state index contributed by atoms with van der Waals surface area (Å²) >= 11 is 1.48. The Hall–Kier alpha value is -2.24. The number of aliphatic hydroxyl groups is 1. The summed E-state index contributed by atoms with van der Waals surface area (Å²) in [5.41, 5.74) is 1.88. The third-order valence-corrected chi connectivity index (χ3v) is 6.35. The highest BCUT2D eigenvalue weighted by Gasteiger charge is 2.26. The molecule has 0 unspecified atom stereocenters. The molecule has 1 aromatic heterocycles. The molecule has 0 spiro atoms. The van der Waals surface area contributed by atoms with E-state index >= 15 is 0 Å². The number of piperidine rings is 1. The lowest BCUT2D eigenvalue weighted by Crippen LogP contribution is -2.39. The lowest BCUT2D eigenvalue weighted by molar-refractivity contribution is 0.0654. The lowest BCUT2D eigenvalue weighted by atomic mass is 9.98. The van der Waals surface area contributed by atoms with Crippen molar-refractivity contribution in [2.45, 2.75) is 19.8 Å². The van der Waals surface area contributed by atoms with Crippen LogP contribution >= 0.6 is 11.3 Å². The monoisotopic (exact) mass is 366 g/mol. The van der Waals surface area contributed by atoms with Crippen molar-refractivity contribution in [1.29, 1.82) is 0 Å². The van der Waals surface area contributed by atoms with Crippen LogP contribution in [0.3, 0.4) is 0 Å². The number of carbonyl (C=O) groups is 1. The SMILES string of the molecule is Cc1nc(-c2cccc3ccccc23)sc1C(=O)N1CCC(CO)CC1. The molecule has 0 atom stereocenters. The number of thiazole rings is 1. The maximum absolute atomic E-state index is 13.0. The molecular weight excluding hydrogens is 344 g/mol. The molecule has 2 heterocycles. The molecule has 134 valence electrons. The third-order valence-electron chi connectivity index (χ3n) is 5.17. The van der Waals surface area contributed by atoms with Gasteiger partial charge in [0.15, 0.2) is 0 Å². The van der Waals surface area contributed by atoms with Crippen molar-refractivity contribution in [3.8, 4) is 10.6 Å². The number of hydrogen-bond acceptors (Lipinski definition) is 4. The van der Waals surface area contributed by atoms with E-state index in [-0.39, 0.29) is 12.5 Å². The fourth-order valence-corrected chi connectivity index (χ4v) is 4.66. The number of hydrogen-bond donors (Lipinski definition) is 1. The first-order valence-corrected chi connectivity index (χ1v) is 9.84. The lowest BCUT2D eigenvalue weighted by Gasteiger charge is -2.30. The van der Waals surface area contributed by atoms with Crippen molar-refractivity contribution in [3.63, 3.8) is 0 Å². The first kappa shape index (κ1) is 17.2. The van der Waals surface area contributed by atoms with Crippen LogP contribution in [0.4, 0.5) is 0 Å². The maximum Gasteiger partial charge on any atom is 0.265 e. The van der Waals surface area contributed by atoms with Crippen molar-refractivity contribution < 1.29 is 9.90 Å². The minimum absolute atomic E-state index is 0.0721. The summed E-state index contributed by atoms with van der Waals surface area (Å²) in [5, 5.41) is 12.5. The van der Waals surface area contributed by atoms with Gasteiger partial charge in [-0.25, -0.2) is 4.98 Å². The number of fused-ring (bicyclic) bond motifs is 1. The van der Waals surface area contributed by atoms with E-state index in [9.17, 15) is 9.90 Å². The molecule has 0 bridgehead atoms. The summed E-state index contributed by atoms with van der Waals surface area (Å²) in [7, 11) is 0. The fraction of sp³-hybridized carbons (Fsp3) is 0.333. The highest BCUT2D eigenvalue weighted by atomic mass is 32.1. The Morgan fingerprint density at radius 1 is 1.19 bits per heavy atom. The normalized spacial score (nSPS) is 15.5. The van der Waals surface area contributed by atoms with Crippen LogP contribution in [0, 0.1) is 12.8 Å². The van der Waals surface area contributed by atoms with Crippen LogP contribution in [0.25, 0.3) is 21.3 Å². The molecule has 0 saturated carbocycles. The van der Waals surface area contributed by atoms with Crippen molar-refractivity contribution in [3.05, 3.63) is 53.0 Å². The van der Waals surface area contributed by atoms with Crippen LogP contribution < -0.4 is 0 Å². The van der Waals surface area contributed by atoms with Crippen molar-refractivity contribution in [1.82, 2.24) is 9.88 Å². The first-order chi connectivity index (χ1) is 12.7. The minimum Gasteiger partial charge on any atom is -0.396 e. The van der Waals surface area contributed by atoms with E-state index in [1.807, 2.05) is 30.0 Å². The Balaban J connectivity index is 1.64. The average Bonchev–Trinajstić information content (AvgIpc) is 3.08. The van der Waals surface area contributed by atoms with Crippen LogP contribution in [0.5, 0.6) is 0 Å². The second-order valence-electron chi connectivity index (χ2n) is 6.88. The number of nitrogens with zero attached hydrogens (tertiary/aromatic N) is 2. The molecule has 1 aliphatic heterocycles. The predicted molar refractivity (Wildman–Crippen MR) is 106 cm³/mol. The number of aromatic nitrogens is 1. The Labute approximate surface area is 157 Å². The van der Waals surface area contributed by atoms with Gasteiger partial charge in [0.05, 0.1) is 5.69 Å². The van der Waals surface area contributed by atoms with Gasteiger partial charge < -0.3 is 10.0 Å². The summed E-state index contributed by atoms with van der Waals surface area (Å²) < 4.78 is 0. The molecule has 1 fully saturated rings. The summed E-state index contributed by atoms with van der Waals surface area (Å²) in [6.45, 7) is 3.56. The third kappa shape index (κ3) is 3.13. The molecule has 4 rings (SSSR count). The zero-order valence-corrected chi connectivity index (χ0v) is 15.6. The quantitative estimate of drug-likeness (QED) is 0.759. The second kappa shape index (κ2) is 7.17. The van der Waals surface area contributed by atoms with Gasteiger partial charge in [-0.1, -0.05) is 42.5 Å². The Morgan fingerprint density at radius 3 is 2.69 bits per heavy atom. The highest BCUT2D eigenvalue weighted by Crippen LogP contribution is 2.34. The van der Waals surface area contributed by atoms with Crippen molar-refractivity contribution >= 4 is 28.0 Å². The summed E-state index contributed by atoms with van der Waals surface area (Å²) in [5.74, 6) is 0.399. The molecular formula is C21H22N2O2S. The van der Waals surface area contributed by atoms with E-state index in [4.69, 9.17) is 4.98 Å². The van der Waals surface area contributed by atoms with Gasteiger partial charge in [-0.2, -0.15) is 0 Å². The topological polar surface area (TPSA) is 53.4 Å². The van der Waals surface area contributed by atoms with Gasteiger partial charge in [0.25, 0.3) is 5.91 Å². The Bertz CT molecular complexity index is 937. The van der Waals surface area contributed by atoms with Gasteiger partial charge in [-0.05, 0) is 36.5 Å². The van der Waals surface area contributed by atoms with Crippen molar-refractivity contribution in [2.24, 2.45) is 5.92 Å². The van der Waals surface area contributed by atoms with Crippen molar-refractivity contribution in [2.75, 3.05) is 19.7 Å². The molecule has 0 aliphatic carbocycles. The standard InChI is InChI=1S/C21H22N2O2S/c1-14-19(21(25)23-11-9-15(13-24)10-12-23)26-20(22-14)18-8-4-6-16-5-2-3-7-17(16)18/h2-8,15,24H,9-13H2,1H3. The molecule has 3 aromatic rings. The van der Waals surface area contributed by atoms with E-state index in [1.165, 1.54) is 16.7 Å². The first-order valence-electron chi connectivity index (χ1n) is 9.03. The number of carbonyl (C=O) groups excluding carboxylic acids is 1. The maximum atomic E-state index is 13.0. The molecule has 1 N–H and O–H groups in total. The van der Waals surface area contributed by atoms with Gasteiger partial charge in [0.2, 0.25) is 0 Å². The van der Waals surface area contributed by atoms with Gasteiger partial charge in [-0.15, -0.1) is 11.3 Å². The fourth-order valence-electron chi connectivity index (χ4n) is 3.58. The largest absolute Gasteiger partial charge is 0.396 e. The number of rotatable bonds is 3. The van der Waals surface area contributed by atoms with E-state index in [0.717, 1.165) is 39.4 Å². The minimum atomic E-state index is 0.0721. The molecule has 4 nitrogen and oxygen atoms in total. The van der Waals surface area contributed by atoms with Gasteiger partial charge in [-0.3, -0.25) is 4.79 Å². The molecule has 5 heteroatoms. The van der Waals surface area contributed by atoms with E-state index < -0.39 is 0 Å².